The highest BCUT2D eigenvalue weighted by Gasteiger charge is 2.28. The van der Waals surface area contributed by atoms with Crippen molar-refractivity contribution in [3.05, 3.63) is 270 Å². The van der Waals surface area contributed by atoms with Crippen molar-refractivity contribution < 1.29 is 8.83 Å². The molecule has 0 aliphatic heterocycles. The summed E-state index contributed by atoms with van der Waals surface area (Å²) < 4.78 is 12.9. The van der Waals surface area contributed by atoms with E-state index in [9.17, 15) is 0 Å². The summed E-state index contributed by atoms with van der Waals surface area (Å²) in [5, 5.41) is 3.04. The average molecular weight is 1010 g/mol. The third-order valence-corrected chi connectivity index (χ3v) is 14.3. The minimum atomic E-state index is -0.131. The smallest absolute Gasteiger partial charge is 0.135 e. The monoisotopic (exact) mass is 1010 g/mol. The van der Waals surface area contributed by atoms with Gasteiger partial charge in [0.25, 0.3) is 0 Å². The number of hydrogen-bond donors (Lipinski definition) is 0. The summed E-state index contributed by atoms with van der Waals surface area (Å²) in [6.07, 6.45) is 0. The summed E-state index contributed by atoms with van der Waals surface area (Å²) >= 11 is 15.7. The van der Waals surface area contributed by atoms with E-state index in [1.807, 2.05) is 60.7 Å². The van der Waals surface area contributed by atoms with Crippen LogP contribution in [0.3, 0.4) is 0 Å². The lowest BCUT2D eigenvalue weighted by Crippen LogP contribution is -2.17. The number of benzene rings is 10. The largest absolute Gasteiger partial charge is 0.456 e. The van der Waals surface area contributed by atoms with E-state index in [1.54, 1.807) is 0 Å². The fourth-order valence-electron chi connectivity index (χ4n) is 9.99. The van der Waals surface area contributed by atoms with Crippen LogP contribution in [0.1, 0.15) is 26.3 Å². The van der Waals surface area contributed by atoms with E-state index in [0.717, 1.165) is 95.5 Å². The predicted molar refractivity (Wildman–Crippen MR) is 315 cm³/mol. The van der Waals surface area contributed by atoms with Crippen molar-refractivity contribution in [3.8, 4) is 33.8 Å². The third kappa shape index (κ3) is 9.45. The number of rotatable bonds is 12. The third-order valence-electron chi connectivity index (χ3n) is 13.7. The Morgan fingerprint density at radius 1 is 0.333 bits per heavy atom. The summed E-state index contributed by atoms with van der Waals surface area (Å²) in [5.41, 5.74) is 14.5. The zero-order chi connectivity index (χ0) is 51.0. The summed E-state index contributed by atoms with van der Waals surface area (Å²) in [5.74, 6) is 1.51. The van der Waals surface area contributed by atoms with Gasteiger partial charge in [-0.25, -0.2) is 0 Å². The lowest BCUT2D eigenvalue weighted by atomic mass is 9.84. The maximum absolute atomic E-state index is 8.20. The molecule has 12 rings (SSSR count). The van der Waals surface area contributed by atoms with Crippen LogP contribution in [0.15, 0.2) is 264 Å². The summed E-state index contributed by atoms with van der Waals surface area (Å²) in [6, 6.07) is 87.9. The van der Waals surface area contributed by atoms with Crippen molar-refractivity contribution in [2.24, 2.45) is 0 Å². The summed E-state index contributed by atoms with van der Waals surface area (Å²) in [7, 11) is 0. The van der Waals surface area contributed by atoms with Gasteiger partial charge in [0.1, 0.15) is 22.7 Å². The fourth-order valence-corrected chi connectivity index (χ4v) is 10.5. The zero-order valence-corrected chi connectivity index (χ0v) is 43.2. The number of anilines is 9. The van der Waals surface area contributed by atoms with Gasteiger partial charge >= 0.3 is 0 Å². The molecule has 5 nitrogen and oxygen atoms in total. The molecule has 0 atom stereocenters. The molecule has 12 aromatic rings. The van der Waals surface area contributed by atoms with Crippen molar-refractivity contribution in [1.29, 1.82) is 0 Å². The molecule has 0 fully saturated rings. The Balaban J connectivity index is 1.10. The van der Waals surface area contributed by atoms with Crippen LogP contribution < -0.4 is 14.7 Å². The minimum absolute atomic E-state index is 0.131. The molecule has 0 unspecified atom stereocenters. The molecule has 0 saturated carbocycles. The molecule has 0 bridgehead atoms. The van der Waals surface area contributed by atoms with Crippen molar-refractivity contribution in [3.63, 3.8) is 0 Å². The second-order valence-corrected chi connectivity index (χ2v) is 20.5. The van der Waals surface area contributed by atoms with Crippen LogP contribution in [0.25, 0.3) is 55.7 Å². The van der Waals surface area contributed by atoms with E-state index >= 15 is 0 Å². The van der Waals surface area contributed by atoms with E-state index in [4.69, 9.17) is 32.0 Å². The van der Waals surface area contributed by atoms with E-state index in [0.29, 0.717) is 21.4 Å². The number of halogens is 2. The number of nitrogens with zero attached hydrogens (tertiary/aromatic N) is 3. The number of fused-ring (bicyclic) bond motifs is 2. The van der Waals surface area contributed by atoms with Gasteiger partial charge in [0.15, 0.2) is 0 Å². The molecule has 75 heavy (non-hydrogen) atoms. The molecule has 0 saturated heterocycles. The normalized spacial score (nSPS) is 11.5. The summed E-state index contributed by atoms with van der Waals surface area (Å²) in [4.78, 5) is 6.72. The van der Waals surface area contributed by atoms with Crippen LogP contribution in [0.5, 0.6) is 0 Å². The lowest BCUT2D eigenvalue weighted by molar-refractivity contribution is 0.590. The number of para-hydroxylation sites is 4. The molecular weight excluding hydrogens is 962 g/mol. The van der Waals surface area contributed by atoms with Crippen LogP contribution in [0.2, 0.25) is 10.0 Å². The van der Waals surface area contributed by atoms with Crippen molar-refractivity contribution in [2.75, 3.05) is 14.7 Å². The highest BCUT2D eigenvalue weighted by Crippen LogP contribution is 2.52. The second kappa shape index (κ2) is 19.9. The second-order valence-electron chi connectivity index (χ2n) is 19.7. The first-order chi connectivity index (χ1) is 36.6. The number of furan rings is 2. The average Bonchev–Trinajstić information content (AvgIpc) is 4.11. The first-order valence-electron chi connectivity index (χ1n) is 25.1. The Kier molecular flexibility index (Phi) is 12.6. The maximum Gasteiger partial charge on any atom is 0.135 e. The fraction of sp³-hybridized carbons (Fsp3) is 0.0588. The highest BCUT2D eigenvalue weighted by atomic mass is 35.5. The van der Waals surface area contributed by atoms with E-state index in [2.05, 4.69) is 230 Å². The first kappa shape index (κ1) is 47.3. The summed E-state index contributed by atoms with van der Waals surface area (Å²) in [6.45, 7) is 6.75. The van der Waals surface area contributed by atoms with Gasteiger partial charge in [-0.2, -0.15) is 0 Å². The van der Waals surface area contributed by atoms with E-state index < -0.39 is 0 Å². The molecule has 0 aliphatic carbocycles. The molecule has 2 aromatic heterocycles. The molecule has 0 radical (unpaired) electrons. The number of hydrogen-bond acceptors (Lipinski definition) is 5. The highest BCUT2D eigenvalue weighted by molar-refractivity contribution is 6.38. The lowest BCUT2D eigenvalue weighted by Gasteiger charge is -2.34. The first-order valence-corrected chi connectivity index (χ1v) is 25.9. The molecule has 0 N–H and O–H groups in total. The predicted octanol–water partition coefficient (Wildman–Crippen LogP) is 21.2. The van der Waals surface area contributed by atoms with Crippen LogP contribution >= 0.6 is 23.2 Å². The molecule has 0 aliphatic rings. The molecule has 10 aromatic carbocycles. The molecule has 2 heterocycles. The zero-order valence-electron chi connectivity index (χ0n) is 41.7. The van der Waals surface area contributed by atoms with Crippen LogP contribution in [-0.2, 0) is 5.41 Å². The van der Waals surface area contributed by atoms with E-state index in [1.165, 1.54) is 5.56 Å². The molecule has 0 amide bonds. The van der Waals surface area contributed by atoms with Gasteiger partial charge in [0.05, 0.1) is 22.1 Å². The van der Waals surface area contributed by atoms with Gasteiger partial charge in [0, 0.05) is 66.6 Å². The van der Waals surface area contributed by atoms with Crippen molar-refractivity contribution >= 4 is 96.3 Å². The van der Waals surface area contributed by atoms with Crippen molar-refractivity contribution in [1.82, 2.24) is 0 Å². The van der Waals surface area contributed by atoms with Crippen LogP contribution in [-0.4, -0.2) is 0 Å². The Labute approximate surface area is 447 Å². The maximum atomic E-state index is 8.20. The Morgan fingerprint density at radius 2 is 0.760 bits per heavy atom. The van der Waals surface area contributed by atoms with Crippen LogP contribution in [0.4, 0.5) is 51.2 Å². The van der Waals surface area contributed by atoms with Gasteiger partial charge < -0.3 is 23.5 Å². The molecule has 7 heteroatoms. The Bertz CT molecular complexity index is 3770. The Hall–Kier alpha value is -8.74. The topological polar surface area (TPSA) is 36.0 Å². The van der Waals surface area contributed by atoms with Crippen LogP contribution in [0, 0.1) is 0 Å². The van der Waals surface area contributed by atoms with Gasteiger partial charge in [-0.05, 0) is 132 Å². The van der Waals surface area contributed by atoms with E-state index in [-0.39, 0.29) is 5.41 Å². The molecule has 364 valence electrons. The van der Waals surface area contributed by atoms with Gasteiger partial charge in [-0.1, -0.05) is 183 Å². The van der Waals surface area contributed by atoms with Gasteiger partial charge in [-0.3, -0.25) is 0 Å². The van der Waals surface area contributed by atoms with Gasteiger partial charge in [-0.15, -0.1) is 0 Å². The molecule has 0 spiro atoms. The van der Waals surface area contributed by atoms with Crippen molar-refractivity contribution in [2.45, 2.75) is 26.2 Å². The minimum Gasteiger partial charge on any atom is -0.456 e. The molecular formula is C68H51Cl2N3O2. The van der Waals surface area contributed by atoms with Gasteiger partial charge in [0.2, 0.25) is 0 Å². The standard InChI is InChI=1S/C68H51Cl2N3O2/c1-68(2,3)51-36-37-60(59(42-51)46-20-7-4-8-21-46)73(58-33-19-32-57(45-58)71(53-26-9-5-10-27-53)54-28-11-6-12-29-54)62-44-52(69)43-61(67(62)70)72(55-30-17-24-47(38-55)65-40-49-22-13-15-34-63(49)74-65)56-31-18-25-48(39-56)66-41-50-23-14-16-35-64(50)75-66/h4-45H,1-3H3. The quantitative estimate of drug-likeness (QED) is 0.122. The Morgan fingerprint density at radius 3 is 1.28 bits per heavy atom. The SMILES string of the molecule is CC(C)(C)c1ccc(N(c2cccc(N(c3ccccc3)c3ccccc3)c2)c2cc(Cl)cc(N(c3cccc(-c4cc5ccccc5o4)c3)c3cccc(-c4cc5ccccc5o4)c3)c2Cl)c(-c2ccccc2)c1.